The van der Waals surface area contributed by atoms with Crippen molar-refractivity contribution in [3.63, 3.8) is 0 Å². The Labute approximate surface area is 142 Å². The smallest absolute Gasteiger partial charge is 0.287 e. The maximum atomic E-state index is 12.3. The van der Waals surface area contributed by atoms with Crippen LogP contribution in [0.1, 0.15) is 41.4 Å². The summed E-state index contributed by atoms with van der Waals surface area (Å²) in [5, 5.41) is 2.91. The van der Waals surface area contributed by atoms with Crippen LogP contribution in [-0.4, -0.2) is 25.0 Å². The van der Waals surface area contributed by atoms with Crippen molar-refractivity contribution in [1.29, 1.82) is 0 Å². The Morgan fingerprint density at radius 3 is 3.00 bits per heavy atom. The topological polar surface area (TPSA) is 71.5 Å². The van der Waals surface area contributed by atoms with E-state index in [-0.39, 0.29) is 5.91 Å². The molecule has 0 aliphatic carbocycles. The van der Waals surface area contributed by atoms with Gasteiger partial charge in [-0.3, -0.25) is 4.79 Å². The lowest BCUT2D eigenvalue weighted by molar-refractivity contribution is 0.0924. The second-order valence-corrected chi connectivity index (χ2v) is 6.34. The number of furan rings is 1. The van der Waals surface area contributed by atoms with E-state index in [0.717, 1.165) is 24.8 Å². The number of amides is 1. The molecule has 0 radical (unpaired) electrons. The van der Waals surface area contributed by atoms with Crippen molar-refractivity contribution < 1.29 is 9.21 Å². The van der Waals surface area contributed by atoms with E-state index in [1.54, 1.807) is 6.26 Å². The third kappa shape index (κ3) is 3.46. The molecule has 2 aromatic rings. The summed E-state index contributed by atoms with van der Waals surface area (Å²) >= 11 is 0. The average molecular weight is 327 g/mol. The molecule has 0 spiro atoms. The van der Waals surface area contributed by atoms with Crippen molar-refractivity contribution in [2.75, 3.05) is 18.0 Å². The maximum absolute atomic E-state index is 12.3. The number of benzene rings is 1. The van der Waals surface area contributed by atoms with E-state index >= 15 is 0 Å². The third-order valence-corrected chi connectivity index (χ3v) is 4.56. The predicted molar refractivity (Wildman–Crippen MR) is 95.1 cm³/mol. The summed E-state index contributed by atoms with van der Waals surface area (Å²) in [6.45, 7) is 4.17. The van der Waals surface area contributed by atoms with E-state index < -0.39 is 0 Å². The van der Waals surface area contributed by atoms with Crippen LogP contribution in [-0.2, 0) is 13.0 Å². The molecule has 1 aliphatic rings. The monoisotopic (exact) mass is 327 g/mol. The quantitative estimate of drug-likeness (QED) is 0.767. The van der Waals surface area contributed by atoms with Crippen LogP contribution in [0.5, 0.6) is 0 Å². The van der Waals surface area contributed by atoms with Gasteiger partial charge in [0.2, 0.25) is 0 Å². The number of nitrogens with zero attached hydrogens (tertiary/aromatic N) is 1. The van der Waals surface area contributed by atoms with E-state index in [4.69, 9.17) is 10.2 Å². The van der Waals surface area contributed by atoms with E-state index in [1.807, 2.05) is 6.07 Å². The normalized spacial score (nSPS) is 16.2. The van der Waals surface area contributed by atoms with Gasteiger partial charge in [0.15, 0.2) is 5.76 Å². The molecule has 1 aromatic heterocycles. The summed E-state index contributed by atoms with van der Waals surface area (Å²) in [7, 11) is 0. The highest BCUT2D eigenvalue weighted by Crippen LogP contribution is 2.33. The lowest BCUT2D eigenvalue weighted by atomic mass is 10.1. The number of anilines is 1. The second-order valence-electron chi connectivity index (χ2n) is 6.34. The highest BCUT2D eigenvalue weighted by atomic mass is 16.3. The van der Waals surface area contributed by atoms with Gasteiger partial charge in [0.05, 0.1) is 6.26 Å². The third-order valence-electron chi connectivity index (χ3n) is 4.56. The van der Waals surface area contributed by atoms with Gasteiger partial charge in [0.25, 0.3) is 5.91 Å². The zero-order valence-corrected chi connectivity index (χ0v) is 14.1. The summed E-state index contributed by atoms with van der Waals surface area (Å²) in [6.07, 6.45) is 4.42. The Bertz CT molecular complexity index is 695. The Kier molecular flexibility index (Phi) is 5.20. The second kappa shape index (κ2) is 7.53. The first-order chi connectivity index (χ1) is 11.7. The first kappa shape index (κ1) is 16.6. The van der Waals surface area contributed by atoms with Crippen LogP contribution < -0.4 is 16.0 Å². The van der Waals surface area contributed by atoms with Gasteiger partial charge >= 0.3 is 0 Å². The molecule has 3 N–H and O–H groups in total. The van der Waals surface area contributed by atoms with E-state index in [0.29, 0.717) is 31.4 Å². The standard InChI is InChI=1S/C19H25N3O2/c1-14-12-15-6-2-3-7-17(15)22(14)13-16-8-11-24-18(16)19(23)21-10-5-4-9-20/h2-3,6-8,11,14H,4-5,9-10,12-13,20H2,1H3,(H,21,23). The molecular formula is C19H25N3O2. The van der Waals surface area contributed by atoms with Crippen molar-refractivity contribution >= 4 is 11.6 Å². The molecule has 5 nitrogen and oxygen atoms in total. The molecular weight excluding hydrogens is 302 g/mol. The highest BCUT2D eigenvalue weighted by molar-refractivity contribution is 5.93. The van der Waals surface area contributed by atoms with Crippen LogP contribution >= 0.6 is 0 Å². The molecule has 1 amide bonds. The van der Waals surface area contributed by atoms with Crippen molar-refractivity contribution in [2.45, 2.75) is 38.8 Å². The van der Waals surface area contributed by atoms with Gasteiger partial charge in [-0.25, -0.2) is 0 Å². The van der Waals surface area contributed by atoms with Crippen molar-refractivity contribution in [3.05, 3.63) is 53.5 Å². The van der Waals surface area contributed by atoms with Crippen LogP contribution in [0, 0.1) is 0 Å². The molecule has 0 bridgehead atoms. The van der Waals surface area contributed by atoms with Gasteiger partial charge in [-0.2, -0.15) is 0 Å². The predicted octanol–water partition coefficient (Wildman–Crippen LogP) is 2.70. The molecule has 1 aliphatic heterocycles. The van der Waals surface area contributed by atoms with Gasteiger partial charge in [-0.05, 0) is 50.4 Å². The maximum Gasteiger partial charge on any atom is 0.287 e. The minimum atomic E-state index is -0.146. The zero-order valence-electron chi connectivity index (χ0n) is 14.1. The van der Waals surface area contributed by atoms with E-state index in [2.05, 4.69) is 41.4 Å². The number of carbonyl (C=O) groups excluding carboxylic acids is 1. The van der Waals surface area contributed by atoms with Gasteiger partial charge in [-0.1, -0.05) is 18.2 Å². The minimum absolute atomic E-state index is 0.146. The van der Waals surface area contributed by atoms with Gasteiger partial charge in [-0.15, -0.1) is 0 Å². The van der Waals surface area contributed by atoms with Gasteiger partial charge in [0.1, 0.15) is 0 Å². The average Bonchev–Trinajstić information content (AvgIpc) is 3.17. The van der Waals surface area contributed by atoms with Crippen molar-refractivity contribution in [1.82, 2.24) is 5.32 Å². The molecule has 5 heteroatoms. The lowest BCUT2D eigenvalue weighted by Gasteiger charge is -2.24. The molecule has 1 unspecified atom stereocenters. The molecule has 0 saturated carbocycles. The molecule has 1 aromatic carbocycles. The Balaban J connectivity index is 1.69. The summed E-state index contributed by atoms with van der Waals surface area (Å²) in [5.74, 6) is 0.270. The number of nitrogens with two attached hydrogens (primary N) is 1. The number of fused-ring (bicyclic) bond motifs is 1. The van der Waals surface area contributed by atoms with Crippen LogP contribution in [0.4, 0.5) is 5.69 Å². The number of carbonyl (C=O) groups is 1. The first-order valence-corrected chi connectivity index (χ1v) is 8.60. The molecule has 2 heterocycles. The molecule has 1 atom stereocenters. The summed E-state index contributed by atoms with van der Waals surface area (Å²) in [4.78, 5) is 14.7. The summed E-state index contributed by atoms with van der Waals surface area (Å²) < 4.78 is 5.45. The number of rotatable bonds is 7. The zero-order chi connectivity index (χ0) is 16.9. The Morgan fingerprint density at radius 2 is 2.17 bits per heavy atom. The van der Waals surface area contributed by atoms with Crippen molar-refractivity contribution in [2.24, 2.45) is 5.73 Å². The number of para-hydroxylation sites is 1. The molecule has 0 saturated heterocycles. The number of unbranched alkanes of at least 4 members (excludes halogenated alkanes) is 1. The molecule has 128 valence electrons. The van der Waals surface area contributed by atoms with E-state index in [9.17, 15) is 4.79 Å². The fourth-order valence-electron chi connectivity index (χ4n) is 3.27. The number of nitrogens with one attached hydrogen (secondary N) is 1. The molecule has 0 fully saturated rings. The van der Waals surface area contributed by atoms with Crippen LogP contribution in [0.3, 0.4) is 0 Å². The highest BCUT2D eigenvalue weighted by Gasteiger charge is 2.27. The minimum Gasteiger partial charge on any atom is -0.459 e. The van der Waals surface area contributed by atoms with Crippen molar-refractivity contribution in [3.8, 4) is 0 Å². The molecule has 3 rings (SSSR count). The number of hydrogen-bond donors (Lipinski definition) is 2. The van der Waals surface area contributed by atoms with Gasteiger partial charge < -0.3 is 20.4 Å². The fraction of sp³-hybridized carbons (Fsp3) is 0.421. The summed E-state index contributed by atoms with van der Waals surface area (Å²) in [5.41, 5.74) is 9.01. The first-order valence-electron chi connectivity index (χ1n) is 8.60. The Hall–Kier alpha value is -2.27. The Morgan fingerprint density at radius 1 is 1.33 bits per heavy atom. The molecule has 24 heavy (non-hydrogen) atoms. The van der Waals surface area contributed by atoms with Gasteiger partial charge in [0, 0.05) is 30.4 Å². The van der Waals surface area contributed by atoms with Crippen LogP contribution in [0.15, 0.2) is 41.0 Å². The lowest BCUT2D eigenvalue weighted by Crippen LogP contribution is -2.30. The van der Waals surface area contributed by atoms with Crippen LogP contribution in [0.2, 0.25) is 0 Å². The SMILES string of the molecule is CC1Cc2ccccc2N1Cc1ccoc1C(=O)NCCCCN. The fourth-order valence-corrected chi connectivity index (χ4v) is 3.27. The number of hydrogen-bond acceptors (Lipinski definition) is 4. The van der Waals surface area contributed by atoms with E-state index in [1.165, 1.54) is 11.3 Å². The van der Waals surface area contributed by atoms with Crippen LogP contribution in [0.25, 0.3) is 0 Å². The summed E-state index contributed by atoms with van der Waals surface area (Å²) in [6, 6.07) is 10.8. The largest absolute Gasteiger partial charge is 0.459 e.